The van der Waals surface area contributed by atoms with E-state index < -0.39 is 6.10 Å². The molecule has 0 aliphatic carbocycles. The van der Waals surface area contributed by atoms with Crippen LogP contribution in [0.2, 0.25) is 0 Å². The van der Waals surface area contributed by atoms with Crippen molar-refractivity contribution in [1.29, 1.82) is 0 Å². The summed E-state index contributed by atoms with van der Waals surface area (Å²) >= 11 is 9.05. The molecule has 19 heavy (non-hydrogen) atoms. The van der Waals surface area contributed by atoms with Crippen LogP contribution in [0.5, 0.6) is 0 Å². The molecule has 2 rings (SSSR count). The van der Waals surface area contributed by atoms with Gasteiger partial charge in [-0.05, 0) is 24.1 Å². The molecule has 1 aliphatic rings. The lowest BCUT2D eigenvalue weighted by Gasteiger charge is -2.20. The van der Waals surface area contributed by atoms with Crippen molar-refractivity contribution >= 4 is 44.8 Å². The van der Waals surface area contributed by atoms with Crippen LogP contribution in [-0.4, -0.2) is 36.1 Å². The van der Waals surface area contributed by atoms with Gasteiger partial charge in [0.15, 0.2) is 0 Å². The molecule has 1 aromatic carbocycles. The first-order chi connectivity index (χ1) is 9.02. The number of hydrogen-bond acceptors (Lipinski definition) is 3. The van der Waals surface area contributed by atoms with E-state index in [4.69, 9.17) is 11.6 Å². The Morgan fingerprint density at radius 3 is 3.00 bits per heavy atom. The van der Waals surface area contributed by atoms with Crippen molar-refractivity contribution in [3.8, 4) is 0 Å². The molecule has 0 saturated carbocycles. The van der Waals surface area contributed by atoms with E-state index in [1.165, 1.54) is 0 Å². The highest BCUT2D eigenvalue weighted by molar-refractivity contribution is 9.10. The first kappa shape index (κ1) is 14.6. The molecule has 1 heterocycles. The van der Waals surface area contributed by atoms with Gasteiger partial charge in [-0.15, -0.1) is 11.6 Å². The van der Waals surface area contributed by atoms with Gasteiger partial charge in [0.05, 0.1) is 23.4 Å². The lowest BCUT2D eigenvalue weighted by atomic mass is 10.1. The van der Waals surface area contributed by atoms with Crippen LogP contribution in [0.4, 0.5) is 11.4 Å². The van der Waals surface area contributed by atoms with E-state index in [-0.39, 0.29) is 11.8 Å². The number of anilines is 2. The fraction of sp³-hybridized carbons (Fsp3) is 0.462. The fourth-order valence-corrected chi connectivity index (χ4v) is 2.86. The van der Waals surface area contributed by atoms with Crippen molar-refractivity contribution < 1.29 is 9.90 Å². The van der Waals surface area contributed by atoms with E-state index >= 15 is 0 Å². The van der Waals surface area contributed by atoms with Gasteiger partial charge in [-0.25, -0.2) is 0 Å². The second-order valence-electron chi connectivity index (χ2n) is 4.57. The number of halogens is 2. The minimum atomic E-state index is -0.608. The maximum atomic E-state index is 11.7. The quantitative estimate of drug-likeness (QED) is 0.822. The lowest BCUT2D eigenvalue weighted by Crippen LogP contribution is -2.27. The van der Waals surface area contributed by atoms with Crippen LogP contribution in [0.25, 0.3) is 0 Å². The summed E-state index contributed by atoms with van der Waals surface area (Å²) in [4.78, 5) is 13.4. The van der Waals surface area contributed by atoms with Gasteiger partial charge in [0.1, 0.15) is 0 Å². The highest BCUT2D eigenvalue weighted by Gasteiger charge is 2.26. The highest BCUT2D eigenvalue weighted by Crippen LogP contribution is 2.38. The molecule has 1 unspecified atom stereocenters. The zero-order valence-corrected chi connectivity index (χ0v) is 13.0. The van der Waals surface area contributed by atoms with Crippen molar-refractivity contribution in [2.75, 3.05) is 29.2 Å². The van der Waals surface area contributed by atoms with E-state index in [9.17, 15) is 9.90 Å². The second-order valence-corrected chi connectivity index (χ2v) is 5.80. The largest absolute Gasteiger partial charge is 0.390 e. The van der Waals surface area contributed by atoms with Gasteiger partial charge in [0, 0.05) is 24.5 Å². The van der Waals surface area contributed by atoms with E-state index in [1.807, 2.05) is 12.1 Å². The Morgan fingerprint density at radius 2 is 2.37 bits per heavy atom. The monoisotopic (exact) mass is 346 g/mol. The van der Waals surface area contributed by atoms with E-state index in [0.29, 0.717) is 13.1 Å². The maximum Gasteiger partial charge on any atom is 0.223 e. The molecule has 0 radical (unpaired) electrons. The molecule has 0 fully saturated rings. The lowest BCUT2D eigenvalue weighted by molar-refractivity contribution is -0.116. The number of alkyl halides is 1. The average molecular weight is 348 g/mol. The zero-order valence-electron chi connectivity index (χ0n) is 10.6. The molecule has 104 valence electrons. The zero-order chi connectivity index (χ0) is 14.0. The standard InChI is InChI=1S/C13H16BrClN2O2/c1-8(18)17-3-2-9-4-10(14)5-12(13(9)17)16-7-11(19)6-15/h4-5,11,16,19H,2-3,6-7H2,1H3. The Balaban J connectivity index is 2.30. The number of hydrogen-bond donors (Lipinski definition) is 2. The van der Waals surface area contributed by atoms with Crippen molar-refractivity contribution in [3.05, 3.63) is 22.2 Å². The summed E-state index contributed by atoms with van der Waals surface area (Å²) in [7, 11) is 0. The minimum Gasteiger partial charge on any atom is -0.390 e. The summed E-state index contributed by atoms with van der Waals surface area (Å²) in [6, 6.07) is 3.95. The molecule has 4 nitrogen and oxygen atoms in total. The van der Waals surface area contributed by atoms with Crippen LogP contribution < -0.4 is 10.2 Å². The van der Waals surface area contributed by atoms with Gasteiger partial charge in [0.25, 0.3) is 0 Å². The predicted molar refractivity (Wildman–Crippen MR) is 81.1 cm³/mol. The number of amides is 1. The Hall–Kier alpha value is -0.780. The number of carbonyl (C=O) groups is 1. The number of aliphatic hydroxyl groups excluding tert-OH is 1. The van der Waals surface area contributed by atoms with Crippen molar-refractivity contribution in [3.63, 3.8) is 0 Å². The Kier molecular flexibility index (Phi) is 4.71. The third-order valence-corrected chi connectivity index (χ3v) is 3.93. The summed E-state index contributed by atoms with van der Waals surface area (Å²) < 4.78 is 0.958. The summed E-state index contributed by atoms with van der Waals surface area (Å²) in [6.07, 6.45) is 0.240. The number of nitrogens with zero attached hydrogens (tertiary/aromatic N) is 1. The molecular weight excluding hydrogens is 332 g/mol. The van der Waals surface area contributed by atoms with Crippen LogP contribution in [0.3, 0.4) is 0 Å². The number of nitrogens with one attached hydrogen (secondary N) is 1. The molecule has 0 bridgehead atoms. The molecule has 0 saturated heterocycles. The Bertz CT molecular complexity index is 496. The smallest absolute Gasteiger partial charge is 0.223 e. The van der Waals surface area contributed by atoms with Crippen molar-refractivity contribution in [1.82, 2.24) is 0 Å². The first-order valence-electron chi connectivity index (χ1n) is 6.11. The molecule has 1 amide bonds. The van der Waals surface area contributed by atoms with Crippen molar-refractivity contribution in [2.24, 2.45) is 0 Å². The molecule has 1 aliphatic heterocycles. The minimum absolute atomic E-state index is 0.0296. The van der Waals surface area contributed by atoms with Crippen molar-refractivity contribution in [2.45, 2.75) is 19.4 Å². The molecule has 1 aromatic rings. The van der Waals surface area contributed by atoms with Gasteiger partial charge >= 0.3 is 0 Å². The first-order valence-corrected chi connectivity index (χ1v) is 7.44. The van der Waals surface area contributed by atoms with Gasteiger partial charge in [-0.3, -0.25) is 4.79 Å². The van der Waals surface area contributed by atoms with E-state index in [1.54, 1.807) is 11.8 Å². The molecular formula is C13H16BrClN2O2. The van der Waals surface area contributed by atoms with Gasteiger partial charge in [-0.2, -0.15) is 0 Å². The molecule has 2 N–H and O–H groups in total. The molecule has 6 heteroatoms. The van der Waals surface area contributed by atoms with Crippen LogP contribution in [0, 0.1) is 0 Å². The van der Waals surface area contributed by atoms with E-state index in [0.717, 1.165) is 27.8 Å². The summed E-state index contributed by atoms with van der Waals surface area (Å²) in [5.74, 6) is 0.210. The Morgan fingerprint density at radius 1 is 1.63 bits per heavy atom. The number of fused-ring (bicyclic) bond motifs is 1. The fourth-order valence-electron chi connectivity index (χ4n) is 2.24. The third-order valence-electron chi connectivity index (χ3n) is 3.11. The van der Waals surface area contributed by atoms with Gasteiger partial charge < -0.3 is 15.3 Å². The molecule has 0 spiro atoms. The second kappa shape index (κ2) is 6.11. The highest BCUT2D eigenvalue weighted by atomic mass is 79.9. The van der Waals surface area contributed by atoms with Gasteiger partial charge in [-0.1, -0.05) is 15.9 Å². The summed E-state index contributed by atoms with van der Waals surface area (Å²) in [5, 5.41) is 12.7. The molecule has 1 atom stereocenters. The maximum absolute atomic E-state index is 11.7. The van der Waals surface area contributed by atoms with Gasteiger partial charge in [0.2, 0.25) is 5.91 Å². The molecule has 0 aromatic heterocycles. The average Bonchev–Trinajstić information content (AvgIpc) is 2.79. The Labute approximate surface area is 125 Å². The third kappa shape index (κ3) is 3.22. The number of carbonyl (C=O) groups excluding carboxylic acids is 1. The predicted octanol–water partition coefficient (Wildman–Crippen LogP) is 2.37. The number of rotatable bonds is 4. The SMILES string of the molecule is CC(=O)N1CCc2cc(Br)cc(NCC(O)CCl)c21. The normalized spacial score (nSPS) is 15.3. The topological polar surface area (TPSA) is 52.6 Å². The summed E-state index contributed by atoms with van der Waals surface area (Å²) in [6.45, 7) is 2.63. The van der Waals surface area contributed by atoms with Crippen LogP contribution >= 0.6 is 27.5 Å². The van der Waals surface area contributed by atoms with Crippen LogP contribution in [0.1, 0.15) is 12.5 Å². The number of aliphatic hydroxyl groups is 1. The number of benzene rings is 1. The van der Waals surface area contributed by atoms with Crippen LogP contribution in [0.15, 0.2) is 16.6 Å². The van der Waals surface area contributed by atoms with Crippen LogP contribution in [-0.2, 0) is 11.2 Å². The van der Waals surface area contributed by atoms with E-state index in [2.05, 4.69) is 21.2 Å². The summed E-state index contributed by atoms with van der Waals surface area (Å²) in [5.41, 5.74) is 2.89.